The molecule has 0 saturated heterocycles. The molecule has 208 valence electrons. The summed E-state index contributed by atoms with van der Waals surface area (Å²) in [5.41, 5.74) is 0.545. The first-order valence-electron chi connectivity index (χ1n) is 12.2. The van der Waals surface area contributed by atoms with Crippen LogP contribution in [0.4, 0.5) is 5.69 Å². The summed E-state index contributed by atoms with van der Waals surface area (Å²) in [5.74, 6) is 1.85. The molecule has 0 aliphatic heterocycles. The molecule has 40 heavy (non-hydrogen) atoms. The van der Waals surface area contributed by atoms with E-state index in [1.807, 2.05) is 26.2 Å². The van der Waals surface area contributed by atoms with Crippen molar-refractivity contribution in [3.63, 3.8) is 0 Å². The van der Waals surface area contributed by atoms with Crippen LogP contribution in [0.5, 0.6) is 11.5 Å². The van der Waals surface area contributed by atoms with E-state index < -0.39 is 16.0 Å². The van der Waals surface area contributed by atoms with Crippen molar-refractivity contribution in [3.05, 3.63) is 112 Å². The fraction of sp³-hybridized carbons (Fsp3) is 0.214. The van der Waals surface area contributed by atoms with Gasteiger partial charge in [0.2, 0.25) is 0 Å². The second-order valence-corrected chi connectivity index (χ2v) is 11.5. The minimum Gasteiger partial charge on any atom is -0.493 e. The van der Waals surface area contributed by atoms with Gasteiger partial charge < -0.3 is 24.3 Å². The van der Waals surface area contributed by atoms with Gasteiger partial charge in [0.05, 0.1) is 16.2 Å². The summed E-state index contributed by atoms with van der Waals surface area (Å²) in [6, 6.07) is 15.1. The van der Waals surface area contributed by atoms with Crippen LogP contribution in [0, 0.1) is 10.1 Å². The molecule has 2 N–H and O–H groups in total. The van der Waals surface area contributed by atoms with Crippen LogP contribution in [0.3, 0.4) is 0 Å². The number of hydrogen-bond donors (Lipinski definition) is 2. The molecule has 4 rings (SSSR count). The number of aromatic amines is 2. The number of benzene rings is 2. The number of thioether (sulfide) groups is 1. The summed E-state index contributed by atoms with van der Waals surface area (Å²) in [6.45, 7) is 1.15. The van der Waals surface area contributed by atoms with E-state index in [4.69, 9.17) is 9.47 Å². The number of aromatic nitrogens is 2. The van der Waals surface area contributed by atoms with Crippen molar-refractivity contribution in [1.29, 1.82) is 0 Å². The van der Waals surface area contributed by atoms with Crippen molar-refractivity contribution in [1.82, 2.24) is 14.9 Å². The Morgan fingerprint density at radius 2 is 1.68 bits per heavy atom. The van der Waals surface area contributed by atoms with Crippen LogP contribution >= 0.6 is 23.1 Å². The maximum atomic E-state index is 12.8. The first-order chi connectivity index (χ1) is 19.2. The zero-order valence-electron chi connectivity index (χ0n) is 22.1. The topological polar surface area (TPSA) is 131 Å². The smallest absolute Gasteiger partial charge is 0.272 e. The normalized spacial score (nSPS) is 12.2. The number of hydrogen-bond acceptors (Lipinski definition) is 9. The lowest BCUT2D eigenvalue weighted by Crippen LogP contribution is -2.46. The van der Waals surface area contributed by atoms with Crippen LogP contribution in [0.15, 0.2) is 68.4 Å². The largest absolute Gasteiger partial charge is 0.493 e. The molecular weight excluding hydrogens is 552 g/mol. The van der Waals surface area contributed by atoms with E-state index in [1.54, 1.807) is 65.6 Å². The summed E-state index contributed by atoms with van der Waals surface area (Å²) in [4.78, 5) is 44.2. The molecule has 0 aliphatic carbocycles. The van der Waals surface area contributed by atoms with Crippen LogP contribution < -0.4 is 31.3 Å². The summed E-state index contributed by atoms with van der Waals surface area (Å²) in [7, 11) is 5.56. The fourth-order valence-electron chi connectivity index (χ4n) is 3.59. The molecule has 0 spiro atoms. The molecule has 2 aromatic heterocycles. The van der Waals surface area contributed by atoms with Crippen LogP contribution in [0.2, 0.25) is 0 Å². The number of nitrogens with one attached hydrogen (secondary N) is 2. The zero-order valence-corrected chi connectivity index (χ0v) is 23.8. The Morgan fingerprint density at radius 1 is 0.975 bits per heavy atom. The highest BCUT2D eigenvalue weighted by atomic mass is 32.2. The second kappa shape index (κ2) is 13.3. The molecule has 0 amide bonds. The van der Waals surface area contributed by atoms with Gasteiger partial charge in [-0.2, -0.15) is 0 Å². The average molecular weight is 581 g/mol. The molecule has 0 unspecified atom stereocenters. The maximum absolute atomic E-state index is 12.8. The van der Waals surface area contributed by atoms with Crippen molar-refractivity contribution < 1.29 is 14.4 Å². The summed E-state index contributed by atoms with van der Waals surface area (Å²) < 4.78 is 12.4. The van der Waals surface area contributed by atoms with E-state index in [9.17, 15) is 19.7 Å². The van der Waals surface area contributed by atoms with Gasteiger partial charge in [0.25, 0.3) is 16.8 Å². The zero-order chi connectivity index (χ0) is 28.6. The molecule has 2 aromatic carbocycles. The minimum atomic E-state index is -0.458. The number of nitro benzene ring substituents is 1. The third kappa shape index (κ3) is 7.72. The van der Waals surface area contributed by atoms with Gasteiger partial charge in [-0.3, -0.25) is 19.7 Å². The lowest BCUT2D eigenvalue weighted by atomic mass is 10.2. The highest BCUT2D eigenvalue weighted by molar-refractivity contribution is 8.01. The molecule has 10 nitrogen and oxygen atoms in total. The number of nitrogens with zero attached hydrogens (tertiary/aromatic N) is 2. The van der Waals surface area contributed by atoms with Gasteiger partial charge in [-0.25, -0.2) is 0 Å². The Morgan fingerprint density at radius 3 is 2.33 bits per heavy atom. The van der Waals surface area contributed by atoms with Crippen molar-refractivity contribution in [3.8, 4) is 11.5 Å². The molecular formula is C28H28N4O6S2. The molecule has 12 heteroatoms. The first kappa shape index (κ1) is 28.9. The van der Waals surface area contributed by atoms with Gasteiger partial charge >= 0.3 is 0 Å². The lowest BCUT2D eigenvalue weighted by Gasteiger charge is -2.11. The van der Waals surface area contributed by atoms with Gasteiger partial charge in [0, 0.05) is 29.3 Å². The Hall–Kier alpha value is -4.13. The average Bonchev–Trinajstić information content (AvgIpc) is 3.37. The van der Waals surface area contributed by atoms with Crippen molar-refractivity contribution in [2.24, 2.45) is 0 Å². The van der Waals surface area contributed by atoms with E-state index in [-0.39, 0.29) is 23.0 Å². The van der Waals surface area contributed by atoms with Crippen molar-refractivity contribution in [2.45, 2.75) is 10.8 Å². The van der Waals surface area contributed by atoms with Crippen LogP contribution in [0.1, 0.15) is 16.0 Å². The highest BCUT2D eigenvalue weighted by Crippen LogP contribution is 2.29. The monoisotopic (exact) mass is 580 g/mol. The number of methoxy groups -OCH3 is 1. The van der Waals surface area contributed by atoms with Gasteiger partial charge in [-0.15, -0.1) is 23.1 Å². The fourth-order valence-corrected chi connectivity index (χ4v) is 5.87. The third-order valence-electron chi connectivity index (χ3n) is 5.70. The van der Waals surface area contributed by atoms with Crippen LogP contribution in [0.25, 0.3) is 12.2 Å². The number of H-pyrrole nitrogens is 2. The van der Waals surface area contributed by atoms with Gasteiger partial charge in [-0.05, 0) is 73.8 Å². The van der Waals surface area contributed by atoms with E-state index in [0.717, 1.165) is 26.9 Å². The molecule has 0 atom stereocenters. The van der Waals surface area contributed by atoms with Gasteiger partial charge in [0.15, 0.2) is 11.5 Å². The Labute approximate surface area is 237 Å². The lowest BCUT2D eigenvalue weighted by molar-refractivity contribution is -0.384. The Kier molecular flexibility index (Phi) is 9.59. The molecule has 0 fully saturated rings. The molecule has 0 aliphatic rings. The molecule has 0 bridgehead atoms. The summed E-state index contributed by atoms with van der Waals surface area (Å²) in [5, 5.41) is 11.1. The molecule has 2 heterocycles. The summed E-state index contributed by atoms with van der Waals surface area (Å²) >= 11 is 3.31. The Bertz CT molecular complexity index is 1730. The van der Waals surface area contributed by atoms with Crippen molar-refractivity contribution in [2.75, 3.05) is 33.5 Å². The standard InChI is InChI=1S/C28H28N4O6S2/c1-31(2)12-13-39-26-11-9-21(40-26)16-23-28(34)29-22(27(33)30-23)14-19-6-10-24(25(15-19)37-3)38-17-18-4-7-20(8-5-18)32(35)36/h4-11,14-16H,12-13,17H2,1-3H3,(H,29,34)(H,30,33)/b22-14-,23-16-. The Balaban J connectivity index is 1.51. The number of ether oxygens (including phenoxy) is 2. The number of non-ortho nitro benzene ring substituents is 1. The number of thiophene rings is 1. The quantitative estimate of drug-likeness (QED) is 0.157. The van der Waals surface area contributed by atoms with E-state index in [1.165, 1.54) is 19.2 Å². The van der Waals surface area contributed by atoms with E-state index in [0.29, 0.717) is 17.1 Å². The maximum Gasteiger partial charge on any atom is 0.272 e. The third-order valence-corrected chi connectivity index (χ3v) is 7.94. The SMILES string of the molecule is COc1cc(/C=c2\[nH]c(=O)/c(=C/c3ccc(SCCN(C)C)s3)[nH]c2=O)ccc1OCc1ccc([N+](=O)[O-])cc1. The second-order valence-electron chi connectivity index (χ2n) is 8.96. The van der Waals surface area contributed by atoms with E-state index in [2.05, 4.69) is 14.9 Å². The predicted molar refractivity (Wildman–Crippen MR) is 158 cm³/mol. The number of rotatable bonds is 11. The van der Waals surface area contributed by atoms with E-state index >= 15 is 0 Å². The first-order valence-corrected chi connectivity index (χ1v) is 14.0. The highest BCUT2D eigenvalue weighted by Gasteiger charge is 2.08. The predicted octanol–water partition coefficient (Wildman–Crippen LogP) is 2.93. The van der Waals surface area contributed by atoms with Gasteiger partial charge in [-0.1, -0.05) is 6.07 Å². The number of nitro groups is 1. The van der Waals surface area contributed by atoms with Crippen molar-refractivity contribution >= 4 is 40.9 Å². The van der Waals surface area contributed by atoms with Gasteiger partial charge in [0.1, 0.15) is 17.3 Å². The summed E-state index contributed by atoms with van der Waals surface area (Å²) in [6.07, 6.45) is 3.22. The molecule has 0 radical (unpaired) electrons. The molecule has 0 saturated carbocycles. The van der Waals surface area contributed by atoms with Crippen LogP contribution in [-0.4, -0.2) is 53.3 Å². The molecule has 4 aromatic rings. The minimum absolute atomic E-state index is 0.00564. The van der Waals surface area contributed by atoms with Crippen LogP contribution in [-0.2, 0) is 6.61 Å².